The molecule has 4 N–H and O–H groups in total. The average Bonchev–Trinajstić information content (AvgIpc) is 2.87. The van der Waals surface area contributed by atoms with Crippen LogP contribution in [0.25, 0.3) is 0 Å². The number of hydrogen-bond acceptors (Lipinski definition) is 2. The molecule has 2 rings (SSSR count). The maximum Gasteiger partial charge on any atom is 0.271 e. The molecule has 1 saturated heterocycles. The van der Waals surface area contributed by atoms with Gasteiger partial charge in [0.25, 0.3) is 5.91 Å². The van der Waals surface area contributed by atoms with Crippen molar-refractivity contribution in [2.24, 2.45) is 16.5 Å². The standard InChI is InChI=1S/C15H22N4O/c1-10(2)11-5-7-12(8-6-11)19-9-3-4-13(19)14(20)18-15(16)17/h5-8,10,13H,3-4,9H2,1-2H3,(H4,16,17,18,20). The normalized spacial score (nSPS) is 18.4. The summed E-state index contributed by atoms with van der Waals surface area (Å²) in [6.07, 6.45) is 1.77. The van der Waals surface area contributed by atoms with Gasteiger partial charge in [-0.1, -0.05) is 26.0 Å². The molecule has 108 valence electrons. The molecule has 0 aromatic heterocycles. The summed E-state index contributed by atoms with van der Waals surface area (Å²) < 4.78 is 0. The molecule has 1 fully saturated rings. The van der Waals surface area contributed by atoms with Crippen molar-refractivity contribution in [1.82, 2.24) is 0 Å². The maximum atomic E-state index is 12.0. The van der Waals surface area contributed by atoms with Crippen molar-refractivity contribution in [2.75, 3.05) is 11.4 Å². The average molecular weight is 274 g/mol. The first kappa shape index (κ1) is 14.4. The summed E-state index contributed by atoms with van der Waals surface area (Å²) in [6.45, 7) is 5.18. The van der Waals surface area contributed by atoms with Crippen molar-refractivity contribution in [1.29, 1.82) is 0 Å². The predicted octanol–water partition coefficient (Wildman–Crippen LogP) is 1.58. The Bertz CT molecular complexity index is 503. The van der Waals surface area contributed by atoms with E-state index in [-0.39, 0.29) is 17.9 Å². The van der Waals surface area contributed by atoms with Gasteiger partial charge < -0.3 is 16.4 Å². The van der Waals surface area contributed by atoms with E-state index in [0.717, 1.165) is 25.1 Å². The van der Waals surface area contributed by atoms with Crippen LogP contribution in [0.3, 0.4) is 0 Å². The fourth-order valence-electron chi connectivity index (χ4n) is 2.58. The van der Waals surface area contributed by atoms with Crippen LogP contribution < -0.4 is 16.4 Å². The molecule has 1 amide bonds. The molecule has 0 spiro atoms. The minimum Gasteiger partial charge on any atom is -0.370 e. The highest BCUT2D eigenvalue weighted by Gasteiger charge is 2.30. The van der Waals surface area contributed by atoms with E-state index in [9.17, 15) is 4.79 Å². The van der Waals surface area contributed by atoms with Gasteiger partial charge in [0.15, 0.2) is 5.96 Å². The fraction of sp³-hybridized carbons (Fsp3) is 0.467. The molecule has 5 nitrogen and oxygen atoms in total. The molecular formula is C15H22N4O. The van der Waals surface area contributed by atoms with Crippen molar-refractivity contribution >= 4 is 17.6 Å². The Morgan fingerprint density at radius 3 is 2.50 bits per heavy atom. The van der Waals surface area contributed by atoms with Crippen LogP contribution in [0, 0.1) is 0 Å². The lowest BCUT2D eigenvalue weighted by Crippen LogP contribution is -2.37. The Morgan fingerprint density at radius 2 is 1.95 bits per heavy atom. The summed E-state index contributed by atoms with van der Waals surface area (Å²) >= 11 is 0. The van der Waals surface area contributed by atoms with E-state index in [4.69, 9.17) is 11.5 Å². The van der Waals surface area contributed by atoms with Crippen LogP contribution in [0.2, 0.25) is 0 Å². The highest BCUT2D eigenvalue weighted by atomic mass is 16.2. The molecule has 1 unspecified atom stereocenters. The molecule has 1 atom stereocenters. The zero-order valence-corrected chi connectivity index (χ0v) is 12.0. The Labute approximate surface area is 119 Å². The van der Waals surface area contributed by atoms with Crippen LogP contribution in [-0.4, -0.2) is 24.5 Å². The number of aliphatic imine (C=N–C) groups is 1. The van der Waals surface area contributed by atoms with Gasteiger partial charge in [0.05, 0.1) is 0 Å². The number of amides is 1. The predicted molar refractivity (Wildman–Crippen MR) is 81.7 cm³/mol. The van der Waals surface area contributed by atoms with Crippen LogP contribution in [0.4, 0.5) is 5.69 Å². The minimum atomic E-state index is -0.254. The third-order valence-corrected chi connectivity index (χ3v) is 3.67. The van der Waals surface area contributed by atoms with Crippen molar-refractivity contribution in [2.45, 2.75) is 38.6 Å². The summed E-state index contributed by atoms with van der Waals surface area (Å²) in [6, 6.07) is 8.11. The van der Waals surface area contributed by atoms with E-state index in [1.54, 1.807) is 0 Å². The topological polar surface area (TPSA) is 84.7 Å². The lowest BCUT2D eigenvalue weighted by Gasteiger charge is -2.24. The summed E-state index contributed by atoms with van der Waals surface area (Å²) in [7, 11) is 0. The Morgan fingerprint density at radius 1 is 1.30 bits per heavy atom. The van der Waals surface area contributed by atoms with Gasteiger partial charge in [-0.15, -0.1) is 0 Å². The van der Waals surface area contributed by atoms with Gasteiger partial charge in [-0.05, 0) is 36.5 Å². The summed E-state index contributed by atoms with van der Waals surface area (Å²) in [5, 5.41) is 0. The van der Waals surface area contributed by atoms with E-state index in [1.165, 1.54) is 5.56 Å². The lowest BCUT2D eigenvalue weighted by atomic mass is 10.0. The molecule has 5 heteroatoms. The van der Waals surface area contributed by atoms with Crippen LogP contribution in [0.1, 0.15) is 38.2 Å². The zero-order chi connectivity index (χ0) is 14.7. The third-order valence-electron chi connectivity index (χ3n) is 3.67. The quantitative estimate of drug-likeness (QED) is 0.647. The molecule has 0 radical (unpaired) electrons. The highest BCUT2D eigenvalue weighted by Crippen LogP contribution is 2.27. The van der Waals surface area contributed by atoms with Gasteiger partial charge in [0, 0.05) is 12.2 Å². The molecular weight excluding hydrogens is 252 g/mol. The van der Waals surface area contributed by atoms with Crippen molar-refractivity contribution in [3.63, 3.8) is 0 Å². The number of hydrogen-bond donors (Lipinski definition) is 2. The number of nitrogens with zero attached hydrogens (tertiary/aromatic N) is 2. The van der Waals surface area contributed by atoms with Crippen LogP contribution in [-0.2, 0) is 4.79 Å². The number of carbonyl (C=O) groups is 1. The second-order valence-electron chi connectivity index (χ2n) is 5.47. The first-order valence-corrected chi connectivity index (χ1v) is 6.99. The number of anilines is 1. The molecule has 0 saturated carbocycles. The first-order chi connectivity index (χ1) is 9.49. The number of benzene rings is 1. The van der Waals surface area contributed by atoms with Gasteiger partial charge in [0.1, 0.15) is 6.04 Å². The monoisotopic (exact) mass is 274 g/mol. The number of nitrogens with two attached hydrogens (primary N) is 2. The molecule has 1 heterocycles. The zero-order valence-electron chi connectivity index (χ0n) is 12.0. The second kappa shape index (κ2) is 5.94. The smallest absolute Gasteiger partial charge is 0.271 e. The molecule has 1 aromatic carbocycles. The molecule has 0 bridgehead atoms. The highest BCUT2D eigenvalue weighted by molar-refractivity contribution is 5.96. The molecule has 0 aliphatic carbocycles. The third kappa shape index (κ3) is 3.10. The van der Waals surface area contributed by atoms with Gasteiger partial charge in [-0.25, -0.2) is 0 Å². The maximum absolute atomic E-state index is 12.0. The second-order valence-corrected chi connectivity index (χ2v) is 5.47. The van der Waals surface area contributed by atoms with Gasteiger partial charge in [-0.2, -0.15) is 4.99 Å². The largest absolute Gasteiger partial charge is 0.370 e. The first-order valence-electron chi connectivity index (χ1n) is 6.99. The SMILES string of the molecule is CC(C)c1ccc(N2CCCC2C(=O)N=C(N)N)cc1. The Kier molecular flexibility index (Phi) is 4.27. The number of carbonyl (C=O) groups excluding carboxylic acids is 1. The van der Waals surface area contributed by atoms with Crippen molar-refractivity contribution in [3.05, 3.63) is 29.8 Å². The Hall–Kier alpha value is -2.04. The van der Waals surface area contributed by atoms with E-state index in [0.29, 0.717) is 5.92 Å². The molecule has 20 heavy (non-hydrogen) atoms. The number of rotatable bonds is 3. The van der Waals surface area contributed by atoms with Crippen LogP contribution in [0.5, 0.6) is 0 Å². The van der Waals surface area contributed by atoms with E-state index >= 15 is 0 Å². The van der Waals surface area contributed by atoms with Gasteiger partial charge in [0.2, 0.25) is 0 Å². The van der Waals surface area contributed by atoms with Crippen LogP contribution in [0.15, 0.2) is 29.3 Å². The molecule has 1 aromatic rings. The van der Waals surface area contributed by atoms with Gasteiger partial charge in [-0.3, -0.25) is 4.79 Å². The summed E-state index contributed by atoms with van der Waals surface area (Å²) in [4.78, 5) is 17.8. The molecule has 1 aliphatic rings. The van der Waals surface area contributed by atoms with Crippen LogP contribution >= 0.6 is 0 Å². The van der Waals surface area contributed by atoms with E-state index in [2.05, 4.69) is 48.0 Å². The van der Waals surface area contributed by atoms with E-state index < -0.39 is 0 Å². The lowest BCUT2D eigenvalue weighted by molar-refractivity contribution is -0.118. The van der Waals surface area contributed by atoms with Crippen molar-refractivity contribution in [3.8, 4) is 0 Å². The summed E-state index contributed by atoms with van der Waals surface area (Å²) in [5.41, 5.74) is 12.9. The summed E-state index contributed by atoms with van der Waals surface area (Å²) in [5.74, 6) is 0.0779. The van der Waals surface area contributed by atoms with E-state index in [1.807, 2.05) is 0 Å². The number of guanidine groups is 1. The van der Waals surface area contributed by atoms with Crippen molar-refractivity contribution < 1.29 is 4.79 Å². The fourth-order valence-corrected chi connectivity index (χ4v) is 2.58. The van der Waals surface area contributed by atoms with Gasteiger partial charge >= 0.3 is 0 Å². The molecule has 1 aliphatic heterocycles. The minimum absolute atomic E-state index is 0.169. The Balaban J connectivity index is 2.18.